The molecule has 1 saturated heterocycles. The maximum atomic E-state index is 13.2. The van der Waals surface area contributed by atoms with E-state index in [4.69, 9.17) is 34.8 Å². The molecule has 1 aliphatic rings. The maximum absolute atomic E-state index is 13.2. The number of nitrogens with one attached hydrogen (secondary N) is 1. The molecule has 1 aromatic heterocycles. The van der Waals surface area contributed by atoms with Crippen molar-refractivity contribution in [2.75, 3.05) is 31.1 Å². The molecular weight excluding hydrogens is 429 g/mol. The molecule has 1 aliphatic heterocycles. The van der Waals surface area contributed by atoms with Gasteiger partial charge in [-0.2, -0.15) is 0 Å². The summed E-state index contributed by atoms with van der Waals surface area (Å²) < 4.78 is 27.6. The van der Waals surface area contributed by atoms with Gasteiger partial charge in [-0.25, -0.2) is 12.4 Å². The number of benzene rings is 2. The third kappa shape index (κ3) is 3.41. The molecule has 27 heavy (non-hydrogen) atoms. The molecule has 0 bridgehead atoms. The molecule has 9 heteroatoms. The van der Waals surface area contributed by atoms with Gasteiger partial charge in [-0.1, -0.05) is 34.8 Å². The Morgan fingerprint density at radius 2 is 1.59 bits per heavy atom. The van der Waals surface area contributed by atoms with Crippen molar-refractivity contribution in [3.8, 4) is 0 Å². The largest absolute Gasteiger partial charge is 0.368 e. The molecule has 0 unspecified atom stereocenters. The lowest BCUT2D eigenvalue weighted by atomic mass is 10.2. The Kier molecular flexibility index (Phi) is 5.03. The van der Waals surface area contributed by atoms with Crippen LogP contribution in [0.5, 0.6) is 0 Å². The lowest BCUT2D eigenvalue weighted by molar-refractivity contribution is 0.588. The van der Waals surface area contributed by atoms with Crippen LogP contribution < -0.4 is 10.2 Å². The fourth-order valence-electron chi connectivity index (χ4n) is 3.35. The first-order valence-corrected chi connectivity index (χ1v) is 10.9. The molecule has 2 heterocycles. The van der Waals surface area contributed by atoms with Crippen LogP contribution in [0.1, 0.15) is 0 Å². The van der Waals surface area contributed by atoms with Crippen LogP contribution in [0.3, 0.4) is 0 Å². The summed E-state index contributed by atoms with van der Waals surface area (Å²) in [6, 6.07) is 9.69. The number of halogens is 3. The fourth-order valence-corrected chi connectivity index (χ4v) is 5.75. The molecule has 0 aliphatic carbocycles. The van der Waals surface area contributed by atoms with Gasteiger partial charge in [0.05, 0.1) is 15.4 Å². The minimum atomic E-state index is -3.90. The molecule has 0 saturated carbocycles. The molecule has 3 aromatic rings. The van der Waals surface area contributed by atoms with Crippen LogP contribution in [-0.2, 0) is 10.0 Å². The van der Waals surface area contributed by atoms with E-state index in [1.165, 1.54) is 28.4 Å². The lowest BCUT2D eigenvalue weighted by Crippen LogP contribution is -2.43. The van der Waals surface area contributed by atoms with Crippen LogP contribution in [0.4, 0.5) is 5.69 Å². The average Bonchev–Trinajstić information content (AvgIpc) is 3.09. The first-order chi connectivity index (χ1) is 12.9. The van der Waals surface area contributed by atoms with Gasteiger partial charge in [0.1, 0.15) is 0 Å². The van der Waals surface area contributed by atoms with Crippen LogP contribution in [0.2, 0.25) is 15.1 Å². The van der Waals surface area contributed by atoms with E-state index in [1.54, 1.807) is 12.1 Å². The minimum Gasteiger partial charge on any atom is -0.368 e. The first-order valence-electron chi connectivity index (χ1n) is 8.35. The van der Waals surface area contributed by atoms with E-state index in [2.05, 4.69) is 10.2 Å². The SMILES string of the molecule is O=S(=O)(c1cc(Cl)cc(Cl)c1)n1ccc2c(N3CCNCC3)ccc(Cl)c21. The average molecular weight is 445 g/mol. The molecule has 1 N–H and O–H groups in total. The fraction of sp³-hybridized carbons (Fsp3) is 0.222. The summed E-state index contributed by atoms with van der Waals surface area (Å²) in [5.41, 5.74) is 1.41. The van der Waals surface area contributed by atoms with E-state index >= 15 is 0 Å². The maximum Gasteiger partial charge on any atom is 0.268 e. The third-order valence-corrected chi connectivity index (χ3v) is 6.99. The zero-order valence-corrected chi connectivity index (χ0v) is 17.2. The Labute approximate surface area is 172 Å². The first kappa shape index (κ1) is 18.9. The Bertz CT molecular complexity index is 1100. The molecule has 2 aromatic carbocycles. The van der Waals surface area contributed by atoms with Crippen molar-refractivity contribution in [1.82, 2.24) is 9.29 Å². The van der Waals surface area contributed by atoms with E-state index in [0.29, 0.717) is 10.5 Å². The highest BCUT2D eigenvalue weighted by molar-refractivity contribution is 7.90. The van der Waals surface area contributed by atoms with Gasteiger partial charge in [0.25, 0.3) is 10.0 Å². The number of hydrogen-bond donors (Lipinski definition) is 1. The third-order valence-electron chi connectivity index (χ3n) is 4.59. The van der Waals surface area contributed by atoms with Crippen molar-refractivity contribution >= 4 is 61.4 Å². The van der Waals surface area contributed by atoms with E-state index in [9.17, 15) is 8.42 Å². The highest BCUT2D eigenvalue weighted by atomic mass is 35.5. The number of aromatic nitrogens is 1. The van der Waals surface area contributed by atoms with Gasteiger partial charge in [0.15, 0.2) is 0 Å². The molecule has 0 atom stereocenters. The molecule has 142 valence electrons. The van der Waals surface area contributed by atoms with Crippen LogP contribution in [-0.4, -0.2) is 38.6 Å². The quantitative estimate of drug-likeness (QED) is 0.656. The van der Waals surface area contributed by atoms with Gasteiger partial charge in [-0.15, -0.1) is 0 Å². The second-order valence-corrected chi connectivity index (χ2v) is 9.38. The van der Waals surface area contributed by atoms with E-state index in [-0.39, 0.29) is 14.9 Å². The standard InChI is InChI=1S/C18H16Cl3N3O2S/c19-12-9-13(20)11-14(10-12)27(25,26)24-6-3-15-17(2-1-16(21)18(15)24)23-7-4-22-5-8-23/h1-3,6,9-11,22H,4-5,7-8H2. The van der Waals surface area contributed by atoms with E-state index in [0.717, 1.165) is 37.3 Å². The van der Waals surface area contributed by atoms with E-state index in [1.807, 2.05) is 6.07 Å². The topological polar surface area (TPSA) is 54.3 Å². The Morgan fingerprint density at radius 3 is 2.26 bits per heavy atom. The molecule has 4 rings (SSSR count). The van der Waals surface area contributed by atoms with Crippen molar-refractivity contribution in [2.45, 2.75) is 4.90 Å². The summed E-state index contributed by atoms with van der Waals surface area (Å²) in [5, 5.41) is 4.98. The zero-order valence-electron chi connectivity index (χ0n) is 14.1. The van der Waals surface area contributed by atoms with Gasteiger partial charge in [-0.3, -0.25) is 0 Å². The number of rotatable bonds is 3. The molecule has 1 fully saturated rings. The summed E-state index contributed by atoms with van der Waals surface area (Å²) in [7, 11) is -3.90. The summed E-state index contributed by atoms with van der Waals surface area (Å²) in [6.45, 7) is 3.45. The molecule has 0 spiro atoms. The van der Waals surface area contributed by atoms with Crippen molar-refractivity contribution in [2.24, 2.45) is 0 Å². The second-order valence-electron chi connectivity index (χ2n) is 6.29. The summed E-state index contributed by atoms with van der Waals surface area (Å²) in [4.78, 5) is 2.24. The molecular formula is C18H16Cl3N3O2S. The number of anilines is 1. The summed E-state index contributed by atoms with van der Waals surface area (Å²) >= 11 is 18.4. The lowest BCUT2D eigenvalue weighted by Gasteiger charge is -2.30. The van der Waals surface area contributed by atoms with Crippen molar-refractivity contribution in [3.05, 3.63) is 57.7 Å². The zero-order chi connectivity index (χ0) is 19.2. The summed E-state index contributed by atoms with van der Waals surface area (Å²) in [6.07, 6.45) is 1.52. The van der Waals surface area contributed by atoms with Crippen LogP contribution in [0, 0.1) is 0 Å². The van der Waals surface area contributed by atoms with Gasteiger partial charge in [0.2, 0.25) is 0 Å². The van der Waals surface area contributed by atoms with Crippen molar-refractivity contribution in [1.29, 1.82) is 0 Å². The number of fused-ring (bicyclic) bond motifs is 1. The summed E-state index contributed by atoms with van der Waals surface area (Å²) in [5.74, 6) is 0. The number of hydrogen-bond acceptors (Lipinski definition) is 4. The van der Waals surface area contributed by atoms with E-state index < -0.39 is 10.0 Å². The van der Waals surface area contributed by atoms with Gasteiger partial charge in [-0.05, 0) is 36.4 Å². The van der Waals surface area contributed by atoms with Crippen LogP contribution in [0.25, 0.3) is 10.9 Å². The Hall–Kier alpha value is -1.44. The number of nitrogens with zero attached hydrogens (tertiary/aromatic N) is 2. The normalized spacial score (nSPS) is 15.4. The molecule has 0 radical (unpaired) electrons. The van der Waals surface area contributed by atoms with Crippen molar-refractivity contribution in [3.63, 3.8) is 0 Å². The molecule has 5 nitrogen and oxygen atoms in total. The van der Waals surface area contributed by atoms with Crippen LogP contribution in [0.15, 0.2) is 47.5 Å². The van der Waals surface area contributed by atoms with Gasteiger partial charge in [0, 0.05) is 53.5 Å². The predicted octanol–water partition coefficient (Wildman–Crippen LogP) is 4.25. The number of piperazine rings is 1. The minimum absolute atomic E-state index is 0.0149. The van der Waals surface area contributed by atoms with Crippen molar-refractivity contribution < 1.29 is 8.42 Å². The van der Waals surface area contributed by atoms with Gasteiger partial charge < -0.3 is 10.2 Å². The predicted molar refractivity (Wildman–Crippen MR) is 111 cm³/mol. The molecule has 0 amide bonds. The Balaban J connectivity index is 1.90. The van der Waals surface area contributed by atoms with Crippen LogP contribution >= 0.6 is 34.8 Å². The monoisotopic (exact) mass is 443 g/mol. The Morgan fingerprint density at radius 1 is 0.926 bits per heavy atom. The van der Waals surface area contributed by atoms with Gasteiger partial charge >= 0.3 is 0 Å². The smallest absolute Gasteiger partial charge is 0.268 e. The second kappa shape index (κ2) is 7.18. The highest BCUT2D eigenvalue weighted by Gasteiger charge is 2.24. The highest BCUT2D eigenvalue weighted by Crippen LogP contribution is 2.35.